The van der Waals surface area contributed by atoms with E-state index in [1.54, 1.807) is 47.3 Å². The van der Waals surface area contributed by atoms with Gasteiger partial charge < -0.3 is 19.4 Å². The van der Waals surface area contributed by atoms with E-state index < -0.39 is 36.2 Å². The Morgan fingerprint density at radius 3 is 2.83 bits per heavy atom. The van der Waals surface area contributed by atoms with Crippen molar-refractivity contribution in [1.82, 2.24) is 25.0 Å². The molecule has 1 amide bonds. The van der Waals surface area contributed by atoms with E-state index in [1.807, 2.05) is 0 Å². The number of oxime groups is 1. The first kappa shape index (κ1) is 27.0. The van der Waals surface area contributed by atoms with Crippen molar-refractivity contribution in [2.45, 2.75) is 31.3 Å². The molecule has 2 aliphatic heterocycles. The number of esters is 1. The Kier molecular flexibility index (Phi) is 7.51. The monoisotopic (exact) mass is 573 g/mol. The van der Waals surface area contributed by atoms with Crippen molar-refractivity contribution < 1.29 is 33.4 Å². The number of rotatable bonds is 9. The van der Waals surface area contributed by atoms with Crippen LogP contribution in [0.1, 0.15) is 22.5 Å². The highest BCUT2D eigenvalue weighted by Crippen LogP contribution is 2.29. The molecule has 6 rings (SSSR count). The maximum atomic E-state index is 15.2. The molecule has 4 aromatic rings. The molecule has 0 bridgehead atoms. The van der Waals surface area contributed by atoms with Crippen LogP contribution in [-0.2, 0) is 20.9 Å². The first-order valence-electron chi connectivity index (χ1n) is 13.0. The standard InChI is InChI=1S/C28H24FN7O6/c29-22-10-19(36-15-20(41-28(36)39)14-35-9-8-32-34-35)4-5-21(22)17-3-6-23(31-13-17)24-11-26(42-33-24)25(37)16-40-27(38)18-2-1-7-30-12-18/h1-10,12-13,20,25-26,37H,11,14-16H2/t20-,25+,26-/m0/s1. The third-order valence-corrected chi connectivity index (χ3v) is 6.78. The Morgan fingerprint density at radius 2 is 2.10 bits per heavy atom. The zero-order valence-electron chi connectivity index (χ0n) is 22.0. The third kappa shape index (κ3) is 5.78. The lowest BCUT2D eigenvalue weighted by atomic mass is 10.0. The summed E-state index contributed by atoms with van der Waals surface area (Å²) in [5.41, 5.74) is 2.47. The highest BCUT2D eigenvalue weighted by Gasteiger charge is 2.33. The minimum absolute atomic E-state index is 0.241. The normalized spacial score (nSPS) is 18.8. The second-order valence-electron chi connectivity index (χ2n) is 9.63. The molecule has 14 heteroatoms. The number of hydrogen-bond acceptors (Lipinski definition) is 11. The molecule has 0 radical (unpaired) electrons. The molecule has 0 spiro atoms. The lowest BCUT2D eigenvalue weighted by Crippen LogP contribution is -2.32. The molecular formula is C28H24FN7O6. The zero-order chi connectivity index (χ0) is 29.1. The number of cyclic esters (lactones) is 1. The number of carbonyl (C=O) groups excluding carboxylic acids is 2. The van der Waals surface area contributed by atoms with E-state index >= 15 is 4.39 Å². The predicted molar refractivity (Wildman–Crippen MR) is 144 cm³/mol. The lowest BCUT2D eigenvalue weighted by molar-refractivity contribution is -0.0482. The number of aromatic nitrogens is 5. The third-order valence-electron chi connectivity index (χ3n) is 6.78. The first-order valence-corrected chi connectivity index (χ1v) is 13.0. The number of carbonyl (C=O) groups is 2. The van der Waals surface area contributed by atoms with Gasteiger partial charge in [-0.1, -0.05) is 16.4 Å². The van der Waals surface area contributed by atoms with Gasteiger partial charge in [0.2, 0.25) is 0 Å². The molecule has 13 nitrogen and oxygen atoms in total. The number of nitrogens with zero attached hydrogens (tertiary/aromatic N) is 7. The van der Waals surface area contributed by atoms with Gasteiger partial charge in [-0.2, -0.15) is 0 Å². The van der Waals surface area contributed by atoms with Crippen LogP contribution in [0.25, 0.3) is 11.1 Å². The average molecular weight is 574 g/mol. The number of aliphatic hydroxyl groups is 1. The summed E-state index contributed by atoms with van der Waals surface area (Å²) in [5, 5.41) is 22.1. The number of pyridine rings is 2. The average Bonchev–Trinajstić information content (AvgIpc) is 3.78. The van der Waals surface area contributed by atoms with Gasteiger partial charge in [0.05, 0.1) is 36.2 Å². The Morgan fingerprint density at radius 1 is 1.19 bits per heavy atom. The van der Waals surface area contributed by atoms with Gasteiger partial charge in [0.25, 0.3) is 0 Å². The Bertz CT molecular complexity index is 1600. The van der Waals surface area contributed by atoms with E-state index in [4.69, 9.17) is 14.3 Å². The Balaban J connectivity index is 1.05. The molecule has 1 fully saturated rings. The van der Waals surface area contributed by atoms with Crippen molar-refractivity contribution in [2.24, 2.45) is 5.16 Å². The van der Waals surface area contributed by atoms with Crippen LogP contribution >= 0.6 is 0 Å². The molecule has 0 unspecified atom stereocenters. The molecule has 1 saturated heterocycles. The van der Waals surface area contributed by atoms with Gasteiger partial charge in [0.1, 0.15) is 30.3 Å². The summed E-state index contributed by atoms with van der Waals surface area (Å²) in [5.74, 6) is -1.13. The number of ether oxygens (including phenoxy) is 2. The van der Waals surface area contributed by atoms with Gasteiger partial charge >= 0.3 is 12.1 Å². The summed E-state index contributed by atoms with van der Waals surface area (Å²) >= 11 is 0. The Hall–Kier alpha value is -5.24. The van der Waals surface area contributed by atoms with Gasteiger partial charge in [0, 0.05) is 42.3 Å². The van der Waals surface area contributed by atoms with Crippen LogP contribution in [0.15, 0.2) is 78.6 Å². The van der Waals surface area contributed by atoms with E-state index in [2.05, 4.69) is 25.4 Å². The first-order chi connectivity index (χ1) is 20.4. The maximum Gasteiger partial charge on any atom is 0.414 e. The largest absolute Gasteiger partial charge is 0.459 e. The topological polar surface area (TPSA) is 154 Å². The molecule has 0 saturated carbocycles. The lowest BCUT2D eigenvalue weighted by Gasteiger charge is -2.16. The fourth-order valence-corrected chi connectivity index (χ4v) is 4.59. The van der Waals surface area contributed by atoms with Gasteiger partial charge in [-0.05, 0) is 36.4 Å². The molecule has 0 aliphatic carbocycles. The summed E-state index contributed by atoms with van der Waals surface area (Å²) in [6.07, 6.45) is 5.03. The van der Waals surface area contributed by atoms with Gasteiger partial charge in [-0.3, -0.25) is 14.9 Å². The Labute approximate surface area is 238 Å². The van der Waals surface area contributed by atoms with Crippen LogP contribution in [0.5, 0.6) is 0 Å². The van der Waals surface area contributed by atoms with Crippen molar-refractivity contribution >= 4 is 23.5 Å². The van der Waals surface area contributed by atoms with Crippen LogP contribution in [0.4, 0.5) is 14.9 Å². The van der Waals surface area contributed by atoms with Crippen molar-refractivity contribution in [1.29, 1.82) is 0 Å². The number of hydrogen-bond donors (Lipinski definition) is 1. The minimum Gasteiger partial charge on any atom is -0.459 e. The number of amides is 1. The van der Waals surface area contributed by atoms with Crippen molar-refractivity contribution in [3.05, 3.63) is 90.5 Å². The van der Waals surface area contributed by atoms with Gasteiger partial charge in [-0.25, -0.2) is 18.7 Å². The predicted octanol–water partition coefficient (Wildman–Crippen LogP) is 2.61. The second-order valence-corrected chi connectivity index (χ2v) is 9.63. The zero-order valence-corrected chi connectivity index (χ0v) is 22.0. The van der Waals surface area contributed by atoms with E-state index in [0.29, 0.717) is 34.8 Å². The summed E-state index contributed by atoms with van der Waals surface area (Å²) in [4.78, 5) is 39.5. The molecular weight excluding hydrogens is 549 g/mol. The highest BCUT2D eigenvalue weighted by molar-refractivity contribution is 6.00. The summed E-state index contributed by atoms with van der Waals surface area (Å²) < 4.78 is 27.3. The molecule has 2 aliphatic rings. The molecule has 42 heavy (non-hydrogen) atoms. The van der Waals surface area contributed by atoms with E-state index in [-0.39, 0.29) is 25.1 Å². The number of anilines is 1. The van der Waals surface area contributed by atoms with Crippen LogP contribution in [-0.4, -0.2) is 79.3 Å². The summed E-state index contributed by atoms with van der Waals surface area (Å²) in [6, 6.07) is 11.0. The highest BCUT2D eigenvalue weighted by atomic mass is 19.1. The molecule has 5 heterocycles. The quantitative estimate of drug-likeness (QED) is 0.296. The molecule has 3 atom stereocenters. The van der Waals surface area contributed by atoms with Crippen LogP contribution < -0.4 is 4.90 Å². The molecule has 1 N–H and O–H groups in total. The van der Waals surface area contributed by atoms with Crippen molar-refractivity contribution in [2.75, 3.05) is 18.1 Å². The maximum absolute atomic E-state index is 15.2. The number of halogens is 1. The molecule has 3 aromatic heterocycles. The van der Waals surface area contributed by atoms with Crippen molar-refractivity contribution in [3.63, 3.8) is 0 Å². The number of aliphatic hydroxyl groups excluding tert-OH is 1. The van der Waals surface area contributed by atoms with Crippen LogP contribution in [0.3, 0.4) is 0 Å². The smallest absolute Gasteiger partial charge is 0.414 e. The fraction of sp³-hybridized carbons (Fsp3) is 0.250. The van der Waals surface area contributed by atoms with Crippen LogP contribution in [0.2, 0.25) is 0 Å². The van der Waals surface area contributed by atoms with Crippen molar-refractivity contribution in [3.8, 4) is 11.1 Å². The van der Waals surface area contributed by atoms with E-state index in [9.17, 15) is 14.7 Å². The second kappa shape index (κ2) is 11.7. The SMILES string of the molecule is O=C(OC[C@@H](O)[C@@H]1CC(c2ccc(-c3ccc(N4C[C@H](Cn5ccnn5)OC4=O)cc3F)cn2)=NO1)c1cccnc1. The fourth-order valence-electron chi connectivity index (χ4n) is 4.59. The summed E-state index contributed by atoms with van der Waals surface area (Å²) in [7, 11) is 0. The number of benzene rings is 1. The van der Waals surface area contributed by atoms with Crippen LogP contribution in [0, 0.1) is 5.82 Å². The molecule has 214 valence electrons. The van der Waals surface area contributed by atoms with Gasteiger partial charge in [-0.15, -0.1) is 5.10 Å². The molecule has 1 aromatic carbocycles. The van der Waals surface area contributed by atoms with E-state index in [1.165, 1.54) is 35.8 Å². The van der Waals surface area contributed by atoms with Gasteiger partial charge in [0.15, 0.2) is 6.10 Å². The summed E-state index contributed by atoms with van der Waals surface area (Å²) in [6.45, 7) is 0.317. The minimum atomic E-state index is -1.11. The van der Waals surface area contributed by atoms with E-state index in [0.717, 1.165) is 0 Å².